The highest BCUT2D eigenvalue weighted by Crippen LogP contribution is 2.18. The Balaban J connectivity index is 1.58. The first-order valence-corrected chi connectivity index (χ1v) is 9.44. The average molecular weight is 379 g/mol. The van der Waals surface area contributed by atoms with Crippen LogP contribution in [0, 0.1) is 0 Å². The van der Waals surface area contributed by atoms with Crippen LogP contribution in [-0.2, 0) is 11.3 Å². The summed E-state index contributed by atoms with van der Waals surface area (Å²) < 4.78 is 7.11. The van der Waals surface area contributed by atoms with Crippen LogP contribution in [0.1, 0.15) is 38.8 Å². The summed E-state index contributed by atoms with van der Waals surface area (Å²) in [4.78, 5) is 29.1. The van der Waals surface area contributed by atoms with Crippen LogP contribution in [0.2, 0.25) is 0 Å². The van der Waals surface area contributed by atoms with E-state index in [-0.39, 0.29) is 36.6 Å². The molecule has 6 nitrogen and oxygen atoms in total. The van der Waals surface area contributed by atoms with Crippen molar-refractivity contribution < 1.29 is 9.53 Å². The molecule has 146 valence electrons. The largest absolute Gasteiger partial charge is 0.491 e. The van der Waals surface area contributed by atoms with Gasteiger partial charge in [-0.1, -0.05) is 24.3 Å². The lowest BCUT2D eigenvalue weighted by Crippen LogP contribution is -2.29. The number of nitrogens with one attached hydrogen (secondary N) is 1. The lowest BCUT2D eigenvalue weighted by Gasteiger charge is -2.16. The number of para-hydroxylation sites is 1. The molecule has 0 radical (unpaired) electrons. The number of carbonyl (C=O) groups excluding carboxylic acids is 1. The molecule has 0 fully saturated rings. The van der Waals surface area contributed by atoms with Gasteiger partial charge < -0.3 is 10.1 Å². The van der Waals surface area contributed by atoms with Crippen molar-refractivity contribution in [1.29, 1.82) is 0 Å². The Morgan fingerprint density at radius 2 is 1.82 bits per heavy atom. The molecule has 0 aliphatic heterocycles. The van der Waals surface area contributed by atoms with Crippen LogP contribution in [0.3, 0.4) is 0 Å². The minimum atomic E-state index is -0.132. The van der Waals surface area contributed by atoms with Crippen LogP contribution in [0.5, 0.6) is 5.75 Å². The molecule has 1 atom stereocenters. The first kappa shape index (κ1) is 19.6. The first-order valence-electron chi connectivity index (χ1n) is 9.44. The van der Waals surface area contributed by atoms with Gasteiger partial charge in [0.2, 0.25) is 5.91 Å². The minimum absolute atomic E-state index is 0.116. The molecular weight excluding hydrogens is 354 g/mol. The molecule has 28 heavy (non-hydrogen) atoms. The van der Waals surface area contributed by atoms with Crippen LogP contribution in [-0.4, -0.2) is 21.6 Å². The topological polar surface area (TPSA) is 73.2 Å². The van der Waals surface area contributed by atoms with E-state index >= 15 is 0 Å². The summed E-state index contributed by atoms with van der Waals surface area (Å²) in [7, 11) is 0. The number of hydrogen-bond acceptors (Lipinski definition) is 4. The summed E-state index contributed by atoms with van der Waals surface area (Å²) >= 11 is 0. The van der Waals surface area contributed by atoms with Gasteiger partial charge in [0, 0.05) is 13.0 Å². The van der Waals surface area contributed by atoms with Gasteiger partial charge in [0.1, 0.15) is 5.75 Å². The summed E-state index contributed by atoms with van der Waals surface area (Å²) in [5.74, 6) is 0.690. The Kier molecular flexibility index (Phi) is 6.09. The molecule has 0 saturated heterocycles. The van der Waals surface area contributed by atoms with Crippen molar-refractivity contribution in [2.24, 2.45) is 0 Å². The molecule has 0 aliphatic carbocycles. The molecule has 0 saturated carbocycles. The third-order valence-electron chi connectivity index (χ3n) is 4.44. The number of carbonyl (C=O) groups is 1. The number of ether oxygens (including phenoxy) is 1. The third-order valence-corrected chi connectivity index (χ3v) is 4.44. The SMILES string of the molecule is CC(C)Oc1ccc(C(C)NC(=O)CCn2cnc3ccccc3c2=O)cc1. The van der Waals surface area contributed by atoms with Crippen LogP contribution in [0.4, 0.5) is 0 Å². The fourth-order valence-corrected chi connectivity index (χ4v) is 2.99. The standard InChI is InChI=1S/C22H25N3O3/c1-15(2)28-18-10-8-17(9-11-18)16(3)24-21(26)12-13-25-14-23-20-7-5-4-6-19(20)22(25)27/h4-11,14-16H,12-13H2,1-3H3,(H,24,26). The van der Waals surface area contributed by atoms with Gasteiger partial charge in [0.15, 0.2) is 0 Å². The van der Waals surface area contributed by atoms with E-state index in [1.807, 2.05) is 57.2 Å². The van der Waals surface area contributed by atoms with Crippen LogP contribution in [0.25, 0.3) is 10.9 Å². The molecule has 6 heteroatoms. The van der Waals surface area contributed by atoms with Crippen molar-refractivity contribution in [3.05, 3.63) is 70.8 Å². The van der Waals surface area contributed by atoms with E-state index in [9.17, 15) is 9.59 Å². The van der Waals surface area contributed by atoms with Gasteiger partial charge in [0.25, 0.3) is 5.56 Å². The minimum Gasteiger partial charge on any atom is -0.491 e. The molecule has 2 aromatic carbocycles. The van der Waals surface area contributed by atoms with Gasteiger partial charge in [-0.25, -0.2) is 4.98 Å². The zero-order valence-corrected chi connectivity index (χ0v) is 16.4. The van der Waals surface area contributed by atoms with Crippen molar-refractivity contribution in [2.75, 3.05) is 0 Å². The highest BCUT2D eigenvalue weighted by atomic mass is 16.5. The summed E-state index contributed by atoms with van der Waals surface area (Å²) in [6.07, 6.45) is 1.82. The second-order valence-electron chi connectivity index (χ2n) is 7.04. The first-order chi connectivity index (χ1) is 13.4. The number of fused-ring (bicyclic) bond motifs is 1. The van der Waals surface area contributed by atoms with E-state index in [0.29, 0.717) is 10.9 Å². The number of hydrogen-bond donors (Lipinski definition) is 1. The van der Waals surface area contributed by atoms with E-state index in [4.69, 9.17) is 4.74 Å². The molecule has 3 rings (SSSR count). The van der Waals surface area contributed by atoms with Gasteiger partial charge in [-0.3, -0.25) is 14.2 Å². The highest BCUT2D eigenvalue weighted by Gasteiger charge is 2.11. The van der Waals surface area contributed by atoms with E-state index < -0.39 is 0 Å². The Hall–Kier alpha value is -3.15. The Bertz CT molecular complexity index is 1010. The predicted molar refractivity (Wildman–Crippen MR) is 109 cm³/mol. The number of aryl methyl sites for hydroxylation is 1. The monoisotopic (exact) mass is 379 g/mol. The molecule has 1 heterocycles. The van der Waals surface area contributed by atoms with Crippen LogP contribution >= 0.6 is 0 Å². The van der Waals surface area contributed by atoms with Gasteiger partial charge in [0.05, 0.1) is 29.4 Å². The van der Waals surface area contributed by atoms with Crippen molar-refractivity contribution in [3.8, 4) is 5.75 Å². The number of aromatic nitrogens is 2. The summed E-state index contributed by atoms with van der Waals surface area (Å²) in [6.45, 7) is 6.18. The molecule has 0 aliphatic rings. The number of amides is 1. The Morgan fingerprint density at radius 1 is 1.11 bits per heavy atom. The molecule has 1 aromatic heterocycles. The molecule has 1 N–H and O–H groups in total. The number of nitrogens with zero attached hydrogens (tertiary/aromatic N) is 2. The average Bonchev–Trinajstić information content (AvgIpc) is 2.67. The zero-order chi connectivity index (χ0) is 20.1. The molecular formula is C22H25N3O3. The van der Waals surface area contributed by atoms with Gasteiger partial charge in [-0.05, 0) is 50.6 Å². The van der Waals surface area contributed by atoms with Crippen LogP contribution < -0.4 is 15.6 Å². The van der Waals surface area contributed by atoms with E-state index in [1.165, 1.54) is 10.9 Å². The quantitative estimate of drug-likeness (QED) is 0.682. The fraction of sp³-hybridized carbons (Fsp3) is 0.318. The molecule has 0 spiro atoms. The Morgan fingerprint density at radius 3 is 2.54 bits per heavy atom. The fourth-order valence-electron chi connectivity index (χ4n) is 2.99. The number of benzene rings is 2. The molecule has 0 bridgehead atoms. The maximum absolute atomic E-state index is 12.5. The van der Waals surface area contributed by atoms with E-state index in [0.717, 1.165) is 11.3 Å². The second-order valence-corrected chi connectivity index (χ2v) is 7.04. The van der Waals surface area contributed by atoms with Crippen molar-refractivity contribution >= 4 is 16.8 Å². The smallest absolute Gasteiger partial charge is 0.261 e. The molecule has 1 amide bonds. The lowest BCUT2D eigenvalue weighted by atomic mass is 10.1. The third kappa shape index (κ3) is 4.76. The lowest BCUT2D eigenvalue weighted by molar-refractivity contribution is -0.121. The molecule has 1 unspecified atom stereocenters. The number of rotatable bonds is 7. The molecule has 3 aromatic rings. The highest BCUT2D eigenvalue weighted by molar-refractivity contribution is 5.77. The van der Waals surface area contributed by atoms with Gasteiger partial charge in [-0.15, -0.1) is 0 Å². The second kappa shape index (κ2) is 8.69. The van der Waals surface area contributed by atoms with E-state index in [1.54, 1.807) is 12.1 Å². The Labute approximate surface area is 164 Å². The van der Waals surface area contributed by atoms with E-state index in [2.05, 4.69) is 10.3 Å². The zero-order valence-electron chi connectivity index (χ0n) is 16.4. The van der Waals surface area contributed by atoms with Gasteiger partial charge >= 0.3 is 0 Å². The van der Waals surface area contributed by atoms with Crippen LogP contribution in [0.15, 0.2) is 59.7 Å². The van der Waals surface area contributed by atoms with Crippen molar-refractivity contribution in [2.45, 2.75) is 45.9 Å². The maximum Gasteiger partial charge on any atom is 0.261 e. The normalized spacial score (nSPS) is 12.1. The maximum atomic E-state index is 12.5. The summed E-state index contributed by atoms with van der Waals surface area (Å²) in [6, 6.07) is 14.8. The summed E-state index contributed by atoms with van der Waals surface area (Å²) in [5.41, 5.74) is 1.52. The predicted octanol–water partition coefficient (Wildman–Crippen LogP) is 3.45. The summed E-state index contributed by atoms with van der Waals surface area (Å²) in [5, 5.41) is 3.53. The van der Waals surface area contributed by atoms with Gasteiger partial charge in [-0.2, -0.15) is 0 Å². The van der Waals surface area contributed by atoms with Crippen molar-refractivity contribution in [3.63, 3.8) is 0 Å². The van der Waals surface area contributed by atoms with Crippen molar-refractivity contribution in [1.82, 2.24) is 14.9 Å².